The molecule has 3 heteroatoms. The Morgan fingerprint density at radius 1 is 1.08 bits per heavy atom. The van der Waals surface area contributed by atoms with Gasteiger partial charge in [0.1, 0.15) is 0 Å². The van der Waals surface area contributed by atoms with Gasteiger partial charge in [0.05, 0.1) is 5.54 Å². The molecule has 1 amide bonds. The summed E-state index contributed by atoms with van der Waals surface area (Å²) < 4.78 is 0. The molecule has 0 unspecified atom stereocenters. The standard InChI is InChI=1S/C9H20N2O/c1-8(2,3)7(12)11(10)9(4,5)6/h10H2,1-6H3. The van der Waals surface area contributed by atoms with Crippen LogP contribution < -0.4 is 5.84 Å². The molecular weight excluding hydrogens is 152 g/mol. The Hall–Kier alpha value is -0.570. The molecule has 12 heavy (non-hydrogen) atoms. The molecule has 0 heterocycles. The van der Waals surface area contributed by atoms with Gasteiger partial charge in [-0.3, -0.25) is 9.80 Å². The molecule has 0 aromatic heterocycles. The van der Waals surface area contributed by atoms with E-state index in [1.165, 1.54) is 5.01 Å². The number of hydrazine groups is 1. The smallest absolute Gasteiger partial charge is 0.242 e. The highest BCUT2D eigenvalue weighted by Gasteiger charge is 2.31. The zero-order valence-corrected chi connectivity index (χ0v) is 8.93. The van der Waals surface area contributed by atoms with E-state index in [0.717, 1.165) is 0 Å². The number of rotatable bonds is 0. The Morgan fingerprint density at radius 2 is 1.42 bits per heavy atom. The summed E-state index contributed by atoms with van der Waals surface area (Å²) in [5, 5.41) is 1.30. The van der Waals surface area contributed by atoms with E-state index in [1.807, 2.05) is 41.5 Å². The lowest BCUT2D eigenvalue weighted by molar-refractivity contribution is -0.144. The zero-order chi connectivity index (χ0) is 10.2. The molecule has 0 aromatic carbocycles. The van der Waals surface area contributed by atoms with Crippen LogP contribution in [0.5, 0.6) is 0 Å². The predicted octanol–water partition coefficient (Wildman–Crippen LogP) is 1.53. The van der Waals surface area contributed by atoms with Gasteiger partial charge in [0, 0.05) is 5.41 Å². The van der Waals surface area contributed by atoms with Gasteiger partial charge in [-0.15, -0.1) is 0 Å². The van der Waals surface area contributed by atoms with Gasteiger partial charge in [-0.25, -0.2) is 5.84 Å². The second-order valence-corrected chi connectivity index (χ2v) is 5.10. The van der Waals surface area contributed by atoms with Crippen LogP contribution >= 0.6 is 0 Å². The van der Waals surface area contributed by atoms with E-state index in [2.05, 4.69) is 0 Å². The van der Waals surface area contributed by atoms with Crippen molar-refractivity contribution in [3.63, 3.8) is 0 Å². The van der Waals surface area contributed by atoms with E-state index in [4.69, 9.17) is 5.84 Å². The Labute approximate surface area is 74.9 Å². The fourth-order valence-corrected chi connectivity index (χ4v) is 0.666. The van der Waals surface area contributed by atoms with Crippen molar-refractivity contribution in [2.45, 2.75) is 47.1 Å². The van der Waals surface area contributed by atoms with Crippen molar-refractivity contribution in [3.8, 4) is 0 Å². The summed E-state index contributed by atoms with van der Waals surface area (Å²) in [6.07, 6.45) is 0. The van der Waals surface area contributed by atoms with Crippen LogP contribution in [0.3, 0.4) is 0 Å². The van der Waals surface area contributed by atoms with Crippen LogP contribution in [0.1, 0.15) is 41.5 Å². The third-order valence-corrected chi connectivity index (χ3v) is 1.58. The van der Waals surface area contributed by atoms with Gasteiger partial charge in [-0.1, -0.05) is 20.8 Å². The number of carbonyl (C=O) groups is 1. The summed E-state index contributed by atoms with van der Waals surface area (Å²) in [6.45, 7) is 11.3. The summed E-state index contributed by atoms with van der Waals surface area (Å²) in [5.74, 6) is 5.63. The van der Waals surface area contributed by atoms with Crippen LogP contribution in [0.2, 0.25) is 0 Å². The van der Waals surface area contributed by atoms with Crippen molar-refractivity contribution in [1.29, 1.82) is 0 Å². The van der Waals surface area contributed by atoms with Gasteiger partial charge in [0.25, 0.3) is 0 Å². The Kier molecular flexibility index (Phi) is 2.91. The minimum absolute atomic E-state index is 0.0324. The minimum Gasteiger partial charge on any atom is -0.275 e. The van der Waals surface area contributed by atoms with Crippen LogP contribution in [0.15, 0.2) is 0 Å². The molecule has 0 bridgehead atoms. The third kappa shape index (κ3) is 2.81. The van der Waals surface area contributed by atoms with Crippen LogP contribution in [0, 0.1) is 5.41 Å². The van der Waals surface area contributed by atoms with Gasteiger partial charge < -0.3 is 0 Å². The second-order valence-electron chi connectivity index (χ2n) is 5.10. The molecule has 0 spiro atoms. The molecule has 0 rings (SSSR count). The highest BCUT2D eigenvalue weighted by atomic mass is 16.2. The van der Waals surface area contributed by atoms with E-state index < -0.39 is 5.41 Å². The normalized spacial score (nSPS) is 12.9. The van der Waals surface area contributed by atoms with Crippen LogP contribution in [-0.2, 0) is 4.79 Å². The molecule has 0 aliphatic carbocycles. The molecular formula is C9H20N2O. The summed E-state index contributed by atoms with van der Waals surface area (Å²) in [6, 6.07) is 0. The molecule has 0 radical (unpaired) electrons. The van der Waals surface area contributed by atoms with Crippen molar-refractivity contribution in [2.24, 2.45) is 11.3 Å². The number of nitrogens with two attached hydrogens (primary N) is 1. The van der Waals surface area contributed by atoms with E-state index in [-0.39, 0.29) is 11.4 Å². The molecule has 0 aromatic rings. The topological polar surface area (TPSA) is 46.3 Å². The average molecular weight is 172 g/mol. The largest absolute Gasteiger partial charge is 0.275 e. The van der Waals surface area contributed by atoms with Gasteiger partial charge >= 0.3 is 0 Å². The number of nitrogens with zero attached hydrogens (tertiary/aromatic N) is 1. The summed E-state index contributed by atoms with van der Waals surface area (Å²) >= 11 is 0. The Morgan fingerprint density at radius 3 is 1.50 bits per heavy atom. The average Bonchev–Trinajstić information content (AvgIpc) is 1.80. The maximum absolute atomic E-state index is 11.6. The van der Waals surface area contributed by atoms with Gasteiger partial charge in [-0.05, 0) is 20.8 Å². The summed E-state index contributed by atoms with van der Waals surface area (Å²) in [5.41, 5.74) is -0.702. The quantitative estimate of drug-likeness (QED) is 0.342. The summed E-state index contributed by atoms with van der Waals surface area (Å²) in [7, 11) is 0. The van der Waals surface area contributed by atoms with E-state index in [0.29, 0.717) is 0 Å². The molecule has 0 atom stereocenters. The molecule has 0 saturated heterocycles. The molecule has 2 N–H and O–H groups in total. The lowest BCUT2D eigenvalue weighted by atomic mass is 9.93. The fraction of sp³-hybridized carbons (Fsp3) is 0.889. The molecule has 72 valence electrons. The van der Waals surface area contributed by atoms with Crippen molar-refractivity contribution >= 4 is 5.91 Å². The first kappa shape index (κ1) is 11.4. The van der Waals surface area contributed by atoms with Crippen LogP contribution in [0.4, 0.5) is 0 Å². The molecule has 3 nitrogen and oxygen atoms in total. The van der Waals surface area contributed by atoms with E-state index in [9.17, 15) is 4.79 Å². The maximum Gasteiger partial charge on any atom is 0.242 e. The van der Waals surface area contributed by atoms with Gasteiger partial charge in [-0.2, -0.15) is 0 Å². The first-order chi connectivity index (χ1) is 5.07. The molecule has 0 aliphatic rings. The van der Waals surface area contributed by atoms with Crippen LogP contribution in [-0.4, -0.2) is 16.5 Å². The molecule has 0 fully saturated rings. The van der Waals surface area contributed by atoms with Gasteiger partial charge in [0.2, 0.25) is 5.91 Å². The monoisotopic (exact) mass is 172 g/mol. The Balaban J connectivity index is 4.53. The van der Waals surface area contributed by atoms with E-state index in [1.54, 1.807) is 0 Å². The van der Waals surface area contributed by atoms with Crippen molar-refractivity contribution < 1.29 is 4.79 Å². The van der Waals surface area contributed by atoms with Crippen molar-refractivity contribution in [3.05, 3.63) is 0 Å². The number of hydrogen-bond acceptors (Lipinski definition) is 2. The second kappa shape index (κ2) is 3.05. The first-order valence-corrected chi connectivity index (χ1v) is 4.16. The lowest BCUT2D eigenvalue weighted by Gasteiger charge is -2.35. The highest BCUT2D eigenvalue weighted by molar-refractivity contribution is 5.81. The number of carbonyl (C=O) groups excluding carboxylic acids is 1. The maximum atomic E-state index is 11.6. The highest BCUT2D eigenvalue weighted by Crippen LogP contribution is 2.20. The first-order valence-electron chi connectivity index (χ1n) is 4.16. The van der Waals surface area contributed by atoms with Crippen LogP contribution in [0.25, 0.3) is 0 Å². The van der Waals surface area contributed by atoms with Crippen molar-refractivity contribution in [2.75, 3.05) is 0 Å². The Bertz CT molecular complexity index is 174. The SMILES string of the molecule is CC(C)(C)C(=O)N(N)C(C)(C)C. The lowest BCUT2D eigenvalue weighted by Crippen LogP contribution is -2.54. The van der Waals surface area contributed by atoms with Gasteiger partial charge in [0.15, 0.2) is 0 Å². The molecule has 0 saturated carbocycles. The van der Waals surface area contributed by atoms with Crippen molar-refractivity contribution in [1.82, 2.24) is 5.01 Å². The third-order valence-electron chi connectivity index (χ3n) is 1.58. The fourth-order valence-electron chi connectivity index (χ4n) is 0.666. The summed E-state index contributed by atoms with van der Waals surface area (Å²) in [4.78, 5) is 11.6. The zero-order valence-electron chi connectivity index (χ0n) is 8.93. The minimum atomic E-state index is -0.401. The number of hydrogen-bond donors (Lipinski definition) is 1. The molecule has 0 aliphatic heterocycles. The van der Waals surface area contributed by atoms with E-state index >= 15 is 0 Å². The predicted molar refractivity (Wildman–Crippen MR) is 50.2 cm³/mol. The number of amides is 1.